The normalized spacial score (nSPS) is 22.7. The van der Waals surface area contributed by atoms with Crippen LogP contribution in [-0.2, 0) is 12.0 Å². The average Bonchev–Trinajstić information content (AvgIpc) is 2.98. The van der Waals surface area contributed by atoms with Crippen LogP contribution >= 0.6 is 11.3 Å². The molecule has 0 spiro atoms. The van der Waals surface area contributed by atoms with Gasteiger partial charge in [-0.2, -0.15) is 0 Å². The van der Waals surface area contributed by atoms with Crippen LogP contribution in [0.3, 0.4) is 0 Å². The zero-order valence-corrected chi connectivity index (χ0v) is 10.4. The zero-order chi connectivity index (χ0) is 12.8. The van der Waals surface area contributed by atoms with Crippen LogP contribution in [0.25, 0.3) is 0 Å². The number of carboxylic acid groups (broad SMARTS) is 1. The van der Waals surface area contributed by atoms with E-state index in [1.54, 1.807) is 17.7 Å². The summed E-state index contributed by atoms with van der Waals surface area (Å²) in [5, 5.41) is 21.8. The lowest BCUT2D eigenvalue weighted by Gasteiger charge is -2.31. The lowest BCUT2D eigenvalue weighted by atomic mass is 9.80. The van der Waals surface area contributed by atoms with Gasteiger partial charge in [0.2, 0.25) is 0 Å². The SMILES string of the molecule is O=C(O)c1ccsc1C1(O)CCCc2occc21. The second-order valence-electron chi connectivity index (χ2n) is 4.44. The maximum Gasteiger partial charge on any atom is 0.336 e. The quantitative estimate of drug-likeness (QED) is 0.874. The Labute approximate surface area is 107 Å². The summed E-state index contributed by atoms with van der Waals surface area (Å²) in [7, 11) is 0. The Morgan fingerprint density at radius 3 is 3.06 bits per heavy atom. The number of aryl methyl sites for hydroxylation is 1. The van der Waals surface area contributed by atoms with Gasteiger partial charge in [0.15, 0.2) is 0 Å². The second-order valence-corrected chi connectivity index (χ2v) is 5.36. The van der Waals surface area contributed by atoms with Gasteiger partial charge in [0.05, 0.1) is 16.7 Å². The van der Waals surface area contributed by atoms with Gasteiger partial charge >= 0.3 is 5.97 Å². The van der Waals surface area contributed by atoms with Gasteiger partial charge in [0.25, 0.3) is 0 Å². The largest absolute Gasteiger partial charge is 0.478 e. The molecule has 0 bridgehead atoms. The summed E-state index contributed by atoms with van der Waals surface area (Å²) in [4.78, 5) is 11.7. The number of hydrogen-bond acceptors (Lipinski definition) is 4. The van der Waals surface area contributed by atoms with Crippen LogP contribution in [0.5, 0.6) is 0 Å². The van der Waals surface area contributed by atoms with Crippen molar-refractivity contribution < 1.29 is 19.4 Å². The molecule has 0 aromatic carbocycles. The minimum Gasteiger partial charge on any atom is -0.478 e. The van der Waals surface area contributed by atoms with E-state index in [0.717, 1.165) is 18.6 Å². The van der Waals surface area contributed by atoms with Crippen LogP contribution in [-0.4, -0.2) is 16.2 Å². The number of aliphatic hydroxyl groups is 1. The molecule has 18 heavy (non-hydrogen) atoms. The third-order valence-corrected chi connectivity index (χ3v) is 4.47. The summed E-state index contributed by atoms with van der Waals surface area (Å²) in [5.74, 6) is -0.246. The topological polar surface area (TPSA) is 70.7 Å². The van der Waals surface area contributed by atoms with Crippen molar-refractivity contribution >= 4 is 17.3 Å². The van der Waals surface area contributed by atoms with Gasteiger partial charge in [-0.25, -0.2) is 4.79 Å². The number of thiophene rings is 1. The average molecular weight is 264 g/mol. The minimum absolute atomic E-state index is 0.177. The number of fused-ring (bicyclic) bond motifs is 1. The van der Waals surface area contributed by atoms with E-state index in [4.69, 9.17) is 4.42 Å². The Bertz CT molecular complexity index is 598. The van der Waals surface area contributed by atoms with Crippen molar-refractivity contribution in [2.24, 2.45) is 0 Å². The Morgan fingerprint density at radius 2 is 2.28 bits per heavy atom. The summed E-state index contributed by atoms with van der Waals surface area (Å²) in [5.41, 5.74) is -0.335. The Hall–Kier alpha value is -1.59. The van der Waals surface area contributed by atoms with E-state index in [1.165, 1.54) is 17.4 Å². The molecule has 2 heterocycles. The molecular formula is C13H12O4S. The summed E-state index contributed by atoms with van der Waals surface area (Å²) >= 11 is 1.28. The van der Waals surface area contributed by atoms with Crippen molar-refractivity contribution in [3.05, 3.63) is 45.5 Å². The Morgan fingerprint density at radius 1 is 1.44 bits per heavy atom. The van der Waals surface area contributed by atoms with Crippen LogP contribution in [0.15, 0.2) is 28.2 Å². The molecule has 0 saturated heterocycles. The molecule has 0 amide bonds. The molecule has 3 rings (SSSR count). The molecule has 2 aromatic rings. The van der Waals surface area contributed by atoms with E-state index in [0.29, 0.717) is 16.9 Å². The molecule has 1 atom stereocenters. The third kappa shape index (κ3) is 1.51. The summed E-state index contributed by atoms with van der Waals surface area (Å²) in [6.07, 6.45) is 3.65. The zero-order valence-electron chi connectivity index (χ0n) is 9.55. The molecule has 0 fully saturated rings. The van der Waals surface area contributed by atoms with Crippen molar-refractivity contribution in [2.45, 2.75) is 24.9 Å². The summed E-state index contributed by atoms with van der Waals surface area (Å²) in [6.45, 7) is 0. The van der Waals surface area contributed by atoms with Crippen LogP contribution in [0.1, 0.15) is 39.4 Å². The fourth-order valence-corrected chi connectivity index (χ4v) is 3.61. The third-order valence-electron chi connectivity index (χ3n) is 3.40. The van der Waals surface area contributed by atoms with Gasteiger partial charge in [0, 0.05) is 12.0 Å². The first-order chi connectivity index (χ1) is 8.63. The molecule has 94 valence electrons. The maximum atomic E-state index is 11.2. The molecule has 0 aliphatic heterocycles. The number of hydrogen-bond donors (Lipinski definition) is 2. The fraction of sp³-hybridized carbons (Fsp3) is 0.308. The predicted molar refractivity (Wildman–Crippen MR) is 65.9 cm³/mol. The first kappa shape index (κ1) is 11.5. The van der Waals surface area contributed by atoms with Crippen molar-refractivity contribution in [3.63, 3.8) is 0 Å². The highest BCUT2D eigenvalue weighted by molar-refractivity contribution is 7.10. The van der Waals surface area contributed by atoms with E-state index in [-0.39, 0.29) is 5.56 Å². The lowest BCUT2D eigenvalue weighted by molar-refractivity contribution is 0.0561. The molecular weight excluding hydrogens is 252 g/mol. The van der Waals surface area contributed by atoms with Crippen molar-refractivity contribution in [3.8, 4) is 0 Å². The van der Waals surface area contributed by atoms with Gasteiger partial charge in [-0.05, 0) is 30.4 Å². The molecule has 4 nitrogen and oxygen atoms in total. The molecule has 0 saturated carbocycles. The number of carbonyl (C=O) groups is 1. The van der Waals surface area contributed by atoms with E-state index < -0.39 is 11.6 Å². The van der Waals surface area contributed by atoms with E-state index in [1.807, 2.05) is 0 Å². The smallest absolute Gasteiger partial charge is 0.336 e. The van der Waals surface area contributed by atoms with Gasteiger partial charge in [-0.15, -0.1) is 11.3 Å². The van der Waals surface area contributed by atoms with Gasteiger partial charge in [-0.1, -0.05) is 0 Å². The highest BCUT2D eigenvalue weighted by Crippen LogP contribution is 2.44. The summed E-state index contributed by atoms with van der Waals surface area (Å²) in [6, 6.07) is 3.27. The van der Waals surface area contributed by atoms with E-state index in [9.17, 15) is 15.0 Å². The molecule has 2 N–H and O–H groups in total. The number of aromatic carboxylic acids is 1. The fourth-order valence-electron chi connectivity index (χ4n) is 2.58. The number of carboxylic acids is 1. The van der Waals surface area contributed by atoms with Crippen LogP contribution in [0.4, 0.5) is 0 Å². The van der Waals surface area contributed by atoms with Crippen molar-refractivity contribution in [1.29, 1.82) is 0 Å². The van der Waals surface area contributed by atoms with Crippen LogP contribution < -0.4 is 0 Å². The van der Waals surface area contributed by atoms with E-state index >= 15 is 0 Å². The predicted octanol–water partition coefficient (Wildman–Crippen LogP) is 2.61. The maximum absolute atomic E-state index is 11.2. The lowest BCUT2D eigenvalue weighted by Crippen LogP contribution is -2.31. The van der Waals surface area contributed by atoms with Gasteiger partial charge in [-0.3, -0.25) is 0 Å². The highest BCUT2D eigenvalue weighted by Gasteiger charge is 2.41. The highest BCUT2D eigenvalue weighted by atomic mass is 32.1. The van der Waals surface area contributed by atoms with Gasteiger partial charge < -0.3 is 14.6 Å². The first-order valence-electron chi connectivity index (χ1n) is 5.73. The number of rotatable bonds is 2. The van der Waals surface area contributed by atoms with Crippen LogP contribution in [0, 0.1) is 0 Å². The molecule has 1 aliphatic carbocycles. The second kappa shape index (κ2) is 3.96. The molecule has 5 heteroatoms. The number of furan rings is 1. The molecule has 0 radical (unpaired) electrons. The van der Waals surface area contributed by atoms with Crippen molar-refractivity contribution in [2.75, 3.05) is 0 Å². The standard InChI is InChI=1S/C13H12O4S/c14-12(15)8-4-7-18-11(8)13(16)5-1-2-10-9(13)3-6-17-10/h3-4,6-7,16H,1-2,5H2,(H,14,15). The summed E-state index contributed by atoms with van der Waals surface area (Å²) < 4.78 is 5.35. The van der Waals surface area contributed by atoms with Gasteiger partial charge in [0.1, 0.15) is 11.4 Å². The molecule has 1 unspecified atom stereocenters. The molecule has 1 aliphatic rings. The first-order valence-corrected chi connectivity index (χ1v) is 6.61. The Balaban J connectivity index is 2.17. The molecule has 2 aromatic heterocycles. The Kier molecular flexibility index (Phi) is 2.53. The van der Waals surface area contributed by atoms with E-state index in [2.05, 4.69) is 0 Å². The monoisotopic (exact) mass is 264 g/mol. The van der Waals surface area contributed by atoms with Crippen molar-refractivity contribution in [1.82, 2.24) is 0 Å². The van der Waals surface area contributed by atoms with Crippen LogP contribution in [0.2, 0.25) is 0 Å². The minimum atomic E-state index is -1.22.